The Morgan fingerprint density at radius 2 is 2.29 bits per heavy atom. The monoisotopic (exact) mass is 325 g/mol. The van der Waals surface area contributed by atoms with Crippen molar-refractivity contribution in [1.29, 1.82) is 0 Å². The van der Waals surface area contributed by atoms with Gasteiger partial charge in [-0.05, 0) is 35.0 Å². The summed E-state index contributed by atoms with van der Waals surface area (Å²) in [5.41, 5.74) is 0.559. The second kappa shape index (κ2) is 7.16. The molecule has 1 aromatic rings. The fourth-order valence-corrected chi connectivity index (χ4v) is 2.20. The molecule has 1 unspecified atom stereocenters. The first kappa shape index (κ1) is 14.7. The first-order valence-corrected chi connectivity index (χ1v) is 6.36. The Labute approximate surface area is 113 Å². The number of nitrogens with one attached hydrogen (secondary N) is 1. The molecule has 0 amide bonds. The Kier molecular flexibility index (Phi) is 6.19. The van der Waals surface area contributed by atoms with Crippen LogP contribution in [0.25, 0.3) is 0 Å². The Bertz CT molecular complexity index is 355. The van der Waals surface area contributed by atoms with Crippen LogP contribution in [0.3, 0.4) is 0 Å². The maximum absolute atomic E-state index is 13.0. The third-order valence-corrected chi connectivity index (χ3v) is 2.96. The summed E-state index contributed by atoms with van der Waals surface area (Å²) < 4.78 is 18.6. The quantitative estimate of drug-likeness (QED) is 0.844. The van der Waals surface area contributed by atoms with Gasteiger partial charge in [-0.25, -0.2) is 4.39 Å². The number of hydrogen-bond donors (Lipinski definition) is 2. The Hall–Kier alpha value is -0.360. The highest BCUT2D eigenvalue weighted by Crippen LogP contribution is 2.31. The summed E-state index contributed by atoms with van der Waals surface area (Å²) >= 11 is 9.08. The van der Waals surface area contributed by atoms with Crippen LogP contribution in [-0.2, 0) is 4.74 Å². The normalized spacial score (nSPS) is 12.5. The summed E-state index contributed by atoms with van der Waals surface area (Å²) in [6, 6.07) is 2.52. The molecule has 0 aliphatic carbocycles. The minimum atomic E-state index is -0.636. The van der Waals surface area contributed by atoms with Gasteiger partial charge in [0.05, 0.1) is 23.4 Å². The summed E-state index contributed by atoms with van der Waals surface area (Å²) in [6.45, 7) is 2.94. The molecule has 0 aliphatic rings. The molecule has 0 fully saturated rings. The van der Waals surface area contributed by atoms with Crippen LogP contribution in [-0.4, -0.2) is 31.0 Å². The van der Waals surface area contributed by atoms with Gasteiger partial charge in [0, 0.05) is 17.6 Å². The third kappa shape index (κ3) is 4.79. The highest BCUT2D eigenvalue weighted by Gasteiger charge is 2.10. The average Bonchev–Trinajstić information content (AvgIpc) is 2.24. The maximum Gasteiger partial charge on any atom is 0.125 e. The lowest BCUT2D eigenvalue weighted by Gasteiger charge is -2.14. The molecule has 0 heterocycles. The molecule has 0 spiro atoms. The predicted octanol–water partition coefficient (Wildman–Crippen LogP) is 3.05. The van der Waals surface area contributed by atoms with Crippen LogP contribution in [0.2, 0.25) is 5.02 Å². The predicted molar refractivity (Wildman–Crippen MR) is 70.1 cm³/mol. The molecular formula is C11H14BrClFNO2. The van der Waals surface area contributed by atoms with Gasteiger partial charge in [-0.3, -0.25) is 0 Å². The van der Waals surface area contributed by atoms with Crippen molar-refractivity contribution in [3.8, 4) is 0 Å². The van der Waals surface area contributed by atoms with Gasteiger partial charge in [0.25, 0.3) is 0 Å². The van der Waals surface area contributed by atoms with Gasteiger partial charge in [0.1, 0.15) is 5.82 Å². The maximum atomic E-state index is 13.0. The highest BCUT2D eigenvalue weighted by atomic mass is 79.9. The van der Waals surface area contributed by atoms with Gasteiger partial charge in [0.2, 0.25) is 0 Å². The standard InChI is InChI=1S/C11H14BrClFNO2/c1-2-17-6-8(16)5-15-11-9(12)3-7(14)4-10(11)13/h3-4,8,15-16H,2,5-6H2,1H3. The molecule has 3 nitrogen and oxygen atoms in total. The number of rotatable bonds is 6. The number of anilines is 1. The molecule has 1 aromatic carbocycles. The number of aliphatic hydroxyl groups is 1. The largest absolute Gasteiger partial charge is 0.389 e. The number of aliphatic hydroxyl groups excluding tert-OH is 1. The molecule has 0 radical (unpaired) electrons. The number of benzene rings is 1. The molecule has 0 aliphatic heterocycles. The highest BCUT2D eigenvalue weighted by molar-refractivity contribution is 9.10. The number of ether oxygens (including phenoxy) is 1. The van der Waals surface area contributed by atoms with Crippen molar-refractivity contribution in [2.75, 3.05) is 25.1 Å². The second-order valence-electron chi connectivity index (χ2n) is 3.44. The SMILES string of the molecule is CCOCC(O)CNc1c(Cl)cc(F)cc1Br. The molecule has 0 saturated carbocycles. The molecule has 96 valence electrons. The zero-order valence-electron chi connectivity index (χ0n) is 9.34. The van der Waals surface area contributed by atoms with Crippen LogP contribution in [0.1, 0.15) is 6.92 Å². The molecule has 1 rings (SSSR count). The summed E-state index contributed by atoms with van der Waals surface area (Å²) in [7, 11) is 0. The average molecular weight is 327 g/mol. The molecule has 2 N–H and O–H groups in total. The lowest BCUT2D eigenvalue weighted by atomic mass is 10.3. The zero-order chi connectivity index (χ0) is 12.8. The molecule has 0 aromatic heterocycles. The van der Waals surface area contributed by atoms with E-state index in [1.54, 1.807) is 0 Å². The number of halogens is 3. The van der Waals surface area contributed by atoms with Crippen LogP contribution >= 0.6 is 27.5 Å². The molecular weight excluding hydrogens is 312 g/mol. The minimum absolute atomic E-state index is 0.250. The zero-order valence-corrected chi connectivity index (χ0v) is 11.7. The third-order valence-electron chi connectivity index (χ3n) is 2.04. The van der Waals surface area contributed by atoms with E-state index in [0.717, 1.165) is 0 Å². The summed E-state index contributed by atoms with van der Waals surface area (Å²) in [4.78, 5) is 0. The van der Waals surface area contributed by atoms with Crippen molar-refractivity contribution in [2.45, 2.75) is 13.0 Å². The fraction of sp³-hybridized carbons (Fsp3) is 0.455. The van der Waals surface area contributed by atoms with Crippen molar-refractivity contribution < 1.29 is 14.2 Å². The lowest BCUT2D eigenvalue weighted by molar-refractivity contribution is 0.0496. The summed E-state index contributed by atoms with van der Waals surface area (Å²) in [6.07, 6.45) is -0.636. The van der Waals surface area contributed by atoms with E-state index >= 15 is 0 Å². The van der Waals surface area contributed by atoms with E-state index in [0.29, 0.717) is 16.8 Å². The fourth-order valence-electron chi connectivity index (χ4n) is 1.24. The van der Waals surface area contributed by atoms with Gasteiger partial charge in [-0.15, -0.1) is 0 Å². The van der Waals surface area contributed by atoms with Crippen LogP contribution in [0.4, 0.5) is 10.1 Å². The van der Waals surface area contributed by atoms with E-state index in [9.17, 15) is 9.50 Å². The van der Waals surface area contributed by atoms with Crippen LogP contribution in [0, 0.1) is 5.82 Å². The van der Waals surface area contributed by atoms with Crippen molar-refractivity contribution in [1.82, 2.24) is 0 Å². The van der Waals surface area contributed by atoms with E-state index in [1.165, 1.54) is 12.1 Å². The summed E-state index contributed by atoms with van der Waals surface area (Å²) in [5, 5.41) is 12.8. The van der Waals surface area contributed by atoms with Crippen LogP contribution in [0.15, 0.2) is 16.6 Å². The molecule has 0 saturated heterocycles. The summed E-state index contributed by atoms with van der Waals surface area (Å²) in [5.74, 6) is -0.415. The van der Waals surface area contributed by atoms with Crippen molar-refractivity contribution in [3.63, 3.8) is 0 Å². The van der Waals surface area contributed by atoms with Crippen LogP contribution in [0.5, 0.6) is 0 Å². The van der Waals surface area contributed by atoms with E-state index in [1.807, 2.05) is 6.92 Å². The van der Waals surface area contributed by atoms with Gasteiger partial charge in [-0.2, -0.15) is 0 Å². The van der Waals surface area contributed by atoms with E-state index in [2.05, 4.69) is 21.2 Å². The van der Waals surface area contributed by atoms with Crippen molar-refractivity contribution in [3.05, 3.63) is 27.4 Å². The van der Waals surface area contributed by atoms with E-state index < -0.39 is 11.9 Å². The molecule has 0 bridgehead atoms. The Morgan fingerprint density at radius 3 is 2.88 bits per heavy atom. The van der Waals surface area contributed by atoms with Gasteiger partial charge < -0.3 is 15.2 Å². The van der Waals surface area contributed by atoms with Gasteiger partial charge in [-0.1, -0.05) is 11.6 Å². The molecule has 6 heteroatoms. The topological polar surface area (TPSA) is 41.5 Å². The van der Waals surface area contributed by atoms with Gasteiger partial charge in [0.15, 0.2) is 0 Å². The van der Waals surface area contributed by atoms with Gasteiger partial charge >= 0.3 is 0 Å². The smallest absolute Gasteiger partial charge is 0.125 e. The minimum Gasteiger partial charge on any atom is -0.389 e. The van der Waals surface area contributed by atoms with E-state index in [-0.39, 0.29) is 18.2 Å². The Balaban J connectivity index is 2.57. The second-order valence-corrected chi connectivity index (χ2v) is 4.70. The Morgan fingerprint density at radius 1 is 1.59 bits per heavy atom. The first-order valence-electron chi connectivity index (χ1n) is 5.18. The number of hydrogen-bond acceptors (Lipinski definition) is 3. The molecule has 1 atom stereocenters. The van der Waals surface area contributed by atoms with Crippen molar-refractivity contribution in [2.24, 2.45) is 0 Å². The van der Waals surface area contributed by atoms with Crippen LogP contribution < -0.4 is 5.32 Å². The first-order chi connectivity index (χ1) is 8.04. The van der Waals surface area contributed by atoms with E-state index in [4.69, 9.17) is 16.3 Å². The van der Waals surface area contributed by atoms with Crippen molar-refractivity contribution >= 4 is 33.2 Å². The molecule has 17 heavy (non-hydrogen) atoms. The lowest BCUT2D eigenvalue weighted by Crippen LogP contribution is -2.25.